The lowest BCUT2D eigenvalue weighted by Crippen LogP contribution is -2.47. The van der Waals surface area contributed by atoms with Crippen molar-refractivity contribution in [2.75, 3.05) is 18.5 Å². The number of hydrogen-bond donors (Lipinski definition) is 2. The second kappa shape index (κ2) is 7.04. The third-order valence-electron chi connectivity index (χ3n) is 5.41. The van der Waals surface area contributed by atoms with E-state index in [4.69, 9.17) is 4.74 Å². The number of nitrogens with zero attached hydrogens (tertiary/aromatic N) is 2. The predicted molar refractivity (Wildman–Crippen MR) is 97.7 cm³/mol. The van der Waals surface area contributed by atoms with Gasteiger partial charge in [-0.2, -0.15) is 0 Å². The van der Waals surface area contributed by atoms with Gasteiger partial charge in [-0.15, -0.1) is 0 Å². The van der Waals surface area contributed by atoms with Gasteiger partial charge in [0.1, 0.15) is 0 Å². The van der Waals surface area contributed by atoms with Crippen molar-refractivity contribution in [1.82, 2.24) is 10.6 Å². The average molecular weight is 342 g/mol. The third-order valence-corrected chi connectivity index (χ3v) is 5.41. The van der Waals surface area contributed by atoms with Crippen LogP contribution in [0.5, 0.6) is 0 Å². The standard InChI is InChI=1S/C19H26N4O2/c1-20-19(22-16-11-15-7-8-17(16)25-15)21-12-13-4-2-5-14(10-13)23-9-3-6-18(23)24/h2,4-5,10,15-17H,3,6-9,11-12H2,1H3,(H2,20,21,22). The lowest BCUT2D eigenvalue weighted by molar-refractivity contribution is -0.117. The maximum Gasteiger partial charge on any atom is 0.227 e. The summed E-state index contributed by atoms with van der Waals surface area (Å²) in [4.78, 5) is 18.1. The number of benzene rings is 1. The number of amides is 1. The number of fused-ring (bicyclic) bond motifs is 2. The van der Waals surface area contributed by atoms with E-state index in [2.05, 4.69) is 27.8 Å². The Morgan fingerprint density at radius 1 is 1.40 bits per heavy atom. The van der Waals surface area contributed by atoms with Gasteiger partial charge in [0.15, 0.2) is 5.96 Å². The van der Waals surface area contributed by atoms with Gasteiger partial charge in [-0.25, -0.2) is 0 Å². The molecule has 3 saturated heterocycles. The first kappa shape index (κ1) is 16.4. The second-order valence-corrected chi connectivity index (χ2v) is 7.11. The normalized spacial score (nSPS) is 28.7. The highest BCUT2D eigenvalue weighted by molar-refractivity contribution is 5.95. The SMILES string of the molecule is CN=C(NCc1cccc(N2CCCC2=O)c1)NC1CC2CCC1O2. The van der Waals surface area contributed by atoms with Crippen molar-refractivity contribution in [3.05, 3.63) is 29.8 Å². The molecule has 6 heteroatoms. The van der Waals surface area contributed by atoms with Gasteiger partial charge in [-0.1, -0.05) is 12.1 Å². The zero-order chi connectivity index (χ0) is 17.2. The zero-order valence-electron chi connectivity index (χ0n) is 14.7. The van der Waals surface area contributed by atoms with Crippen LogP contribution >= 0.6 is 0 Å². The number of carbonyl (C=O) groups is 1. The minimum Gasteiger partial charge on any atom is -0.373 e. The Morgan fingerprint density at radius 2 is 2.32 bits per heavy atom. The molecule has 3 aliphatic heterocycles. The Morgan fingerprint density at radius 3 is 3.00 bits per heavy atom. The Kier molecular flexibility index (Phi) is 4.61. The largest absolute Gasteiger partial charge is 0.373 e. The molecule has 0 aromatic heterocycles. The number of anilines is 1. The van der Waals surface area contributed by atoms with E-state index in [0.29, 0.717) is 31.2 Å². The molecule has 3 heterocycles. The van der Waals surface area contributed by atoms with Gasteiger partial charge in [0.25, 0.3) is 0 Å². The quantitative estimate of drug-likeness (QED) is 0.647. The maximum atomic E-state index is 11.9. The summed E-state index contributed by atoms with van der Waals surface area (Å²) in [5, 5.41) is 6.87. The Balaban J connectivity index is 1.34. The molecule has 1 amide bonds. The van der Waals surface area contributed by atoms with Crippen LogP contribution in [0.25, 0.3) is 0 Å². The molecule has 3 unspecified atom stereocenters. The van der Waals surface area contributed by atoms with Gasteiger partial charge in [-0.3, -0.25) is 9.79 Å². The minimum atomic E-state index is 0.221. The fourth-order valence-electron chi connectivity index (χ4n) is 4.10. The van der Waals surface area contributed by atoms with E-state index in [1.165, 1.54) is 6.42 Å². The van der Waals surface area contributed by atoms with Gasteiger partial charge < -0.3 is 20.3 Å². The van der Waals surface area contributed by atoms with Crippen LogP contribution in [0.2, 0.25) is 0 Å². The topological polar surface area (TPSA) is 66.0 Å². The van der Waals surface area contributed by atoms with Gasteiger partial charge in [0.2, 0.25) is 5.91 Å². The highest BCUT2D eigenvalue weighted by Gasteiger charge is 2.41. The van der Waals surface area contributed by atoms with E-state index in [-0.39, 0.29) is 5.91 Å². The van der Waals surface area contributed by atoms with Crippen LogP contribution in [-0.2, 0) is 16.1 Å². The molecule has 2 N–H and O–H groups in total. The molecule has 25 heavy (non-hydrogen) atoms. The minimum absolute atomic E-state index is 0.221. The Labute approximate surface area is 148 Å². The summed E-state index contributed by atoms with van der Waals surface area (Å²) in [6.45, 7) is 1.50. The molecule has 0 aliphatic carbocycles. The molecule has 6 nitrogen and oxygen atoms in total. The molecule has 3 aliphatic rings. The summed E-state index contributed by atoms with van der Waals surface area (Å²) >= 11 is 0. The van der Waals surface area contributed by atoms with Gasteiger partial charge in [0, 0.05) is 32.2 Å². The second-order valence-electron chi connectivity index (χ2n) is 7.11. The van der Waals surface area contributed by atoms with Gasteiger partial charge in [-0.05, 0) is 43.4 Å². The summed E-state index contributed by atoms with van der Waals surface area (Å²) in [5.41, 5.74) is 2.13. The molecule has 0 radical (unpaired) electrons. The Bertz CT molecular complexity index is 675. The monoisotopic (exact) mass is 342 g/mol. The van der Waals surface area contributed by atoms with Crippen LogP contribution in [0, 0.1) is 0 Å². The summed E-state index contributed by atoms with van der Waals surface area (Å²) in [6, 6.07) is 8.54. The number of rotatable bonds is 4. The molecular weight excluding hydrogens is 316 g/mol. The maximum absolute atomic E-state index is 11.9. The lowest BCUT2D eigenvalue weighted by Gasteiger charge is -2.23. The van der Waals surface area contributed by atoms with E-state index in [1.54, 1.807) is 7.05 Å². The smallest absolute Gasteiger partial charge is 0.227 e. The molecule has 3 atom stereocenters. The number of aliphatic imine (C=N–C) groups is 1. The first-order chi connectivity index (χ1) is 12.2. The summed E-state index contributed by atoms with van der Waals surface area (Å²) < 4.78 is 5.89. The number of carbonyl (C=O) groups excluding carboxylic acids is 1. The first-order valence-corrected chi connectivity index (χ1v) is 9.25. The molecule has 2 bridgehead atoms. The predicted octanol–water partition coefficient (Wildman–Crippen LogP) is 1.80. The van der Waals surface area contributed by atoms with E-state index < -0.39 is 0 Å². The average Bonchev–Trinajstić information content (AvgIpc) is 3.35. The fourth-order valence-corrected chi connectivity index (χ4v) is 4.10. The van der Waals surface area contributed by atoms with Crippen molar-refractivity contribution in [2.45, 2.75) is 56.9 Å². The van der Waals surface area contributed by atoms with Crippen LogP contribution in [0.4, 0.5) is 5.69 Å². The van der Waals surface area contributed by atoms with Crippen LogP contribution in [0.1, 0.15) is 37.7 Å². The number of ether oxygens (including phenoxy) is 1. The summed E-state index contributed by atoms with van der Waals surface area (Å²) in [6.07, 6.45) is 5.76. The first-order valence-electron chi connectivity index (χ1n) is 9.25. The lowest BCUT2D eigenvalue weighted by atomic mass is 9.96. The number of guanidine groups is 1. The molecule has 0 saturated carbocycles. The molecular formula is C19H26N4O2. The van der Waals surface area contributed by atoms with E-state index in [1.807, 2.05) is 17.0 Å². The molecule has 3 fully saturated rings. The number of nitrogens with one attached hydrogen (secondary N) is 2. The van der Waals surface area contributed by atoms with Crippen molar-refractivity contribution in [1.29, 1.82) is 0 Å². The summed E-state index contributed by atoms with van der Waals surface area (Å²) in [5.74, 6) is 1.03. The van der Waals surface area contributed by atoms with E-state index in [9.17, 15) is 4.79 Å². The van der Waals surface area contributed by atoms with Crippen LogP contribution in [0.3, 0.4) is 0 Å². The van der Waals surface area contributed by atoms with Crippen LogP contribution < -0.4 is 15.5 Å². The Hall–Kier alpha value is -2.08. The number of hydrogen-bond acceptors (Lipinski definition) is 3. The summed E-state index contributed by atoms with van der Waals surface area (Å²) in [7, 11) is 1.79. The van der Waals surface area contributed by atoms with Crippen molar-refractivity contribution in [3.8, 4) is 0 Å². The van der Waals surface area contributed by atoms with Gasteiger partial charge in [0.05, 0.1) is 18.2 Å². The third kappa shape index (κ3) is 3.49. The van der Waals surface area contributed by atoms with Crippen molar-refractivity contribution in [3.63, 3.8) is 0 Å². The highest BCUT2D eigenvalue weighted by atomic mass is 16.5. The molecule has 0 spiro atoms. The van der Waals surface area contributed by atoms with Gasteiger partial charge >= 0.3 is 0 Å². The van der Waals surface area contributed by atoms with Crippen molar-refractivity contribution in [2.24, 2.45) is 4.99 Å². The highest BCUT2D eigenvalue weighted by Crippen LogP contribution is 2.34. The molecule has 1 aromatic rings. The molecule has 1 aromatic carbocycles. The molecule has 134 valence electrons. The van der Waals surface area contributed by atoms with Crippen LogP contribution in [0.15, 0.2) is 29.3 Å². The van der Waals surface area contributed by atoms with Crippen molar-refractivity contribution < 1.29 is 9.53 Å². The zero-order valence-corrected chi connectivity index (χ0v) is 14.7. The van der Waals surface area contributed by atoms with Crippen molar-refractivity contribution >= 4 is 17.6 Å². The van der Waals surface area contributed by atoms with E-state index >= 15 is 0 Å². The fraction of sp³-hybridized carbons (Fsp3) is 0.579. The molecule has 4 rings (SSSR count). The van der Waals surface area contributed by atoms with E-state index in [0.717, 1.165) is 43.0 Å². The van der Waals surface area contributed by atoms with Crippen LogP contribution in [-0.4, -0.2) is 43.7 Å².